The van der Waals surface area contributed by atoms with Crippen LogP contribution in [-0.4, -0.2) is 4.98 Å². The Labute approximate surface area is 128 Å². The first-order valence-electron chi connectivity index (χ1n) is 7.21. The second-order valence-corrected chi connectivity index (χ2v) is 5.27. The quantitative estimate of drug-likeness (QED) is 0.414. The number of hydrogen-bond acceptors (Lipinski definition) is 3. The van der Waals surface area contributed by atoms with Gasteiger partial charge in [-0.1, -0.05) is 42.5 Å². The van der Waals surface area contributed by atoms with Gasteiger partial charge < -0.3 is 11.1 Å². The van der Waals surface area contributed by atoms with E-state index in [0.717, 1.165) is 38.9 Å². The van der Waals surface area contributed by atoms with E-state index in [1.807, 2.05) is 60.7 Å². The fourth-order valence-corrected chi connectivity index (χ4v) is 2.74. The number of anilines is 3. The van der Waals surface area contributed by atoms with Crippen molar-refractivity contribution in [3.63, 3.8) is 0 Å². The summed E-state index contributed by atoms with van der Waals surface area (Å²) in [5.74, 6) is 0. The van der Waals surface area contributed by atoms with Gasteiger partial charge in [-0.3, -0.25) is 0 Å². The minimum Gasteiger partial charge on any atom is -0.399 e. The molecule has 22 heavy (non-hydrogen) atoms. The summed E-state index contributed by atoms with van der Waals surface area (Å²) in [5, 5.41) is 5.71. The van der Waals surface area contributed by atoms with E-state index in [0.29, 0.717) is 0 Å². The lowest BCUT2D eigenvalue weighted by atomic mass is 10.1. The number of para-hydroxylation sites is 2. The van der Waals surface area contributed by atoms with Crippen LogP contribution in [0.2, 0.25) is 0 Å². The van der Waals surface area contributed by atoms with Crippen molar-refractivity contribution in [1.29, 1.82) is 0 Å². The van der Waals surface area contributed by atoms with Gasteiger partial charge in [0.05, 0.1) is 16.7 Å². The van der Waals surface area contributed by atoms with Crippen molar-refractivity contribution < 1.29 is 0 Å². The molecule has 3 aromatic carbocycles. The Morgan fingerprint density at radius 1 is 0.727 bits per heavy atom. The molecule has 1 heterocycles. The van der Waals surface area contributed by atoms with E-state index in [9.17, 15) is 0 Å². The molecule has 3 heteroatoms. The van der Waals surface area contributed by atoms with Crippen molar-refractivity contribution in [2.45, 2.75) is 0 Å². The Morgan fingerprint density at radius 2 is 1.36 bits per heavy atom. The fraction of sp³-hybridized carbons (Fsp3) is 0. The van der Waals surface area contributed by atoms with Gasteiger partial charge in [0.1, 0.15) is 0 Å². The van der Waals surface area contributed by atoms with Gasteiger partial charge in [0, 0.05) is 22.1 Å². The number of nitrogens with one attached hydrogen (secondary N) is 1. The van der Waals surface area contributed by atoms with Gasteiger partial charge in [-0.05, 0) is 30.3 Å². The summed E-state index contributed by atoms with van der Waals surface area (Å²) in [6.07, 6.45) is 0. The summed E-state index contributed by atoms with van der Waals surface area (Å²) >= 11 is 0. The number of nitrogens with zero attached hydrogens (tertiary/aromatic N) is 1. The molecule has 0 bridgehead atoms. The first kappa shape index (κ1) is 12.7. The predicted molar refractivity (Wildman–Crippen MR) is 93.4 cm³/mol. The first-order valence-corrected chi connectivity index (χ1v) is 7.21. The molecule has 4 aromatic rings. The second-order valence-electron chi connectivity index (χ2n) is 5.27. The molecule has 106 valence electrons. The molecule has 0 atom stereocenters. The van der Waals surface area contributed by atoms with E-state index < -0.39 is 0 Å². The lowest BCUT2D eigenvalue weighted by molar-refractivity contribution is 1.48. The van der Waals surface area contributed by atoms with Crippen LogP contribution in [0.25, 0.3) is 21.8 Å². The van der Waals surface area contributed by atoms with Crippen molar-refractivity contribution in [1.82, 2.24) is 4.98 Å². The number of aromatic nitrogens is 1. The molecule has 0 radical (unpaired) electrons. The van der Waals surface area contributed by atoms with Crippen molar-refractivity contribution in [2.75, 3.05) is 11.1 Å². The van der Waals surface area contributed by atoms with Crippen LogP contribution in [0.5, 0.6) is 0 Å². The molecule has 0 aliphatic heterocycles. The van der Waals surface area contributed by atoms with Crippen LogP contribution in [0.4, 0.5) is 17.1 Å². The molecule has 0 fully saturated rings. The van der Waals surface area contributed by atoms with Crippen LogP contribution in [0.15, 0.2) is 72.8 Å². The maximum Gasteiger partial charge on any atom is 0.0730 e. The largest absolute Gasteiger partial charge is 0.399 e. The molecule has 0 unspecified atom stereocenters. The highest BCUT2D eigenvalue weighted by Gasteiger charge is 2.08. The molecule has 0 amide bonds. The van der Waals surface area contributed by atoms with Crippen LogP contribution in [-0.2, 0) is 0 Å². The van der Waals surface area contributed by atoms with Gasteiger partial charge in [0.2, 0.25) is 0 Å². The summed E-state index contributed by atoms with van der Waals surface area (Å²) in [4.78, 5) is 4.73. The van der Waals surface area contributed by atoms with Crippen molar-refractivity contribution in [3.8, 4) is 0 Å². The van der Waals surface area contributed by atoms with E-state index in [4.69, 9.17) is 10.7 Å². The van der Waals surface area contributed by atoms with E-state index in [1.165, 1.54) is 0 Å². The van der Waals surface area contributed by atoms with Crippen molar-refractivity contribution in [3.05, 3.63) is 72.8 Å². The van der Waals surface area contributed by atoms with E-state index in [2.05, 4.69) is 17.4 Å². The number of rotatable bonds is 2. The lowest BCUT2D eigenvalue weighted by Gasteiger charge is -2.13. The highest BCUT2D eigenvalue weighted by molar-refractivity contribution is 6.08. The van der Waals surface area contributed by atoms with Crippen LogP contribution in [0, 0.1) is 0 Å². The predicted octanol–water partition coefficient (Wildman–Crippen LogP) is 4.71. The van der Waals surface area contributed by atoms with Crippen molar-refractivity contribution >= 4 is 38.9 Å². The van der Waals surface area contributed by atoms with Crippen LogP contribution in [0.3, 0.4) is 0 Å². The monoisotopic (exact) mass is 285 g/mol. The first-order chi connectivity index (χ1) is 10.8. The third-order valence-electron chi connectivity index (χ3n) is 3.74. The molecule has 0 aliphatic carbocycles. The minimum atomic E-state index is 0.743. The summed E-state index contributed by atoms with van der Waals surface area (Å²) in [7, 11) is 0. The molecule has 3 N–H and O–H groups in total. The third kappa shape index (κ3) is 2.13. The number of benzene rings is 3. The van der Waals surface area contributed by atoms with Crippen LogP contribution >= 0.6 is 0 Å². The van der Waals surface area contributed by atoms with Crippen LogP contribution in [0.1, 0.15) is 0 Å². The summed E-state index contributed by atoms with van der Waals surface area (Å²) < 4.78 is 0. The zero-order valence-corrected chi connectivity index (χ0v) is 12.0. The Bertz CT molecular complexity index is 922. The Kier molecular flexibility index (Phi) is 2.90. The molecule has 0 saturated heterocycles. The highest BCUT2D eigenvalue weighted by Crippen LogP contribution is 2.33. The second kappa shape index (κ2) is 5.04. The topological polar surface area (TPSA) is 50.9 Å². The number of pyridine rings is 1. The maximum absolute atomic E-state index is 5.89. The average molecular weight is 285 g/mol. The fourth-order valence-electron chi connectivity index (χ4n) is 2.74. The number of nitrogen functional groups attached to an aromatic ring is 1. The van der Waals surface area contributed by atoms with Gasteiger partial charge in [-0.2, -0.15) is 0 Å². The summed E-state index contributed by atoms with van der Waals surface area (Å²) in [5.41, 5.74) is 10.6. The summed E-state index contributed by atoms with van der Waals surface area (Å²) in [6, 6.07) is 24.1. The van der Waals surface area contributed by atoms with E-state index in [1.54, 1.807) is 0 Å². The van der Waals surface area contributed by atoms with Gasteiger partial charge in [0.15, 0.2) is 0 Å². The SMILES string of the molecule is Nc1cccc(Nc2c3ccccc3nc3ccccc23)c1. The standard InChI is InChI=1S/C19H15N3/c20-13-6-5-7-14(12-13)21-19-15-8-1-3-10-17(15)22-18-11-4-2-9-16(18)19/h1-12H,20H2,(H,21,22). The van der Waals surface area contributed by atoms with E-state index in [-0.39, 0.29) is 0 Å². The Balaban J connectivity index is 2.00. The Hall–Kier alpha value is -3.07. The van der Waals surface area contributed by atoms with Gasteiger partial charge >= 0.3 is 0 Å². The Morgan fingerprint density at radius 3 is 2.00 bits per heavy atom. The number of nitrogens with two attached hydrogens (primary N) is 1. The summed E-state index contributed by atoms with van der Waals surface area (Å²) in [6.45, 7) is 0. The molecular weight excluding hydrogens is 270 g/mol. The normalized spacial score (nSPS) is 10.9. The zero-order chi connectivity index (χ0) is 14.9. The van der Waals surface area contributed by atoms with E-state index >= 15 is 0 Å². The van der Waals surface area contributed by atoms with Gasteiger partial charge in [-0.15, -0.1) is 0 Å². The zero-order valence-electron chi connectivity index (χ0n) is 12.0. The average Bonchev–Trinajstić information content (AvgIpc) is 2.55. The highest BCUT2D eigenvalue weighted by atomic mass is 14.9. The molecular formula is C19H15N3. The third-order valence-corrected chi connectivity index (χ3v) is 3.74. The number of fused-ring (bicyclic) bond motifs is 2. The molecule has 0 spiro atoms. The molecule has 1 aromatic heterocycles. The number of hydrogen-bond donors (Lipinski definition) is 2. The van der Waals surface area contributed by atoms with Crippen LogP contribution < -0.4 is 11.1 Å². The molecule has 3 nitrogen and oxygen atoms in total. The molecule has 0 aliphatic rings. The molecule has 4 rings (SSSR count). The van der Waals surface area contributed by atoms with Crippen molar-refractivity contribution in [2.24, 2.45) is 0 Å². The lowest BCUT2D eigenvalue weighted by Crippen LogP contribution is -1.96. The smallest absolute Gasteiger partial charge is 0.0730 e. The maximum atomic E-state index is 5.89. The van der Waals surface area contributed by atoms with Gasteiger partial charge in [0.25, 0.3) is 0 Å². The molecule has 0 saturated carbocycles. The van der Waals surface area contributed by atoms with Gasteiger partial charge in [-0.25, -0.2) is 4.98 Å². The minimum absolute atomic E-state index is 0.743.